The van der Waals surface area contributed by atoms with Gasteiger partial charge in [-0.15, -0.1) is 0 Å². The molecule has 24 heavy (non-hydrogen) atoms. The summed E-state index contributed by atoms with van der Waals surface area (Å²) >= 11 is 6.20. The molecule has 136 valence electrons. The molecular weight excluding hydrogens is 322 g/mol. The lowest BCUT2D eigenvalue weighted by atomic mass is 9.85. The number of carbonyl (C=O) groups is 1. The van der Waals surface area contributed by atoms with Crippen molar-refractivity contribution in [2.75, 3.05) is 20.7 Å². The van der Waals surface area contributed by atoms with E-state index < -0.39 is 0 Å². The second-order valence-corrected chi connectivity index (χ2v) is 7.17. The zero-order chi connectivity index (χ0) is 18.1. The van der Waals surface area contributed by atoms with Crippen LogP contribution in [-0.4, -0.2) is 31.5 Å². The maximum Gasteiger partial charge on any atom is 0.254 e. The van der Waals surface area contributed by atoms with Crippen molar-refractivity contribution in [1.82, 2.24) is 4.90 Å². The molecule has 0 aromatic heterocycles. The fraction of sp³-hybridized carbons (Fsp3) is 0.650. The van der Waals surface area contributed by atoms with Gasteiger partial charge in [0.05, 0.1) is 17.2 Å². The molecule has 0 spiro atoms. The Bertz CT molecular complexity index is 516. The van der Waals surface area contributed by atoms with Crippen molar-refractivity contribution in [3.8, 4) is 5.75 Å². The van der Waals surface area contributed by atoms with E-state index in [1.54, 1.807) is 26.2 Å². The van der Waals surface area contributed by atoms with Crippen molar-refractivity contribution in [3.05, 3.63) is 28.8 Å². The predicted molar refractivity (Wildman–Crippen MR) is 102 cm³/mol. The van der Waals surface area contributed by atoms with E-state index in [2.05, 4.69) is 20.8 Å². The number of rotatable bonds is 10. The van der Waals surface area contributed by atoms with Crippen LogP contribution < -0.4 is 4.74 Å². The van der Waals surface area contributed by atoms with E-state index in [9.17, 15) is 4.79 Å². The Morgan fingerprint density at radius 1 is 1.25 bits per heavy atom. The molecule has 1 aromatic rings. The zero-order valence-corrected chi connectivity index (χ0v) is 16.5. The molecule has 2 atom stereocenters. The standard InChI is InChI=1S/C20H32ClNO2/c1-6-9-16(7-2)15(3)10-8-13-24-17-11-12-18(19(21)14-17)20(23)22(4)5/h11-12,14-16H,6-10,13H2,1-5H3. The average Bonchev–Trinajstić information content (AvgIpc) is 2.55. The molecule has 0 radical (unpaired) electrons. The largest absolute Gasteiger partial charge is 0.494 e. The molecule has 0 saturated heterocycles. The Morgan fingerprint density at radius 3 is 2.50 bits per heavy atom. The molecule has 1 aromatic carbocycles. The van der Waals surface area contributed by atoms with Crippen LogP contribution in [0, 0.1) is 11.8 Å². The van der Waals surface area contributed by atoms with E-state index in [4.69, 9.17) is 16.3 Å². The Kier molecular flexibility index (Phi) is 9.20. The molecule has 2 unspecified atom stereocenters. The summed E-state index contributed by atoms with van der Waals surface area (Å²) in [5.41, 5.74) is 0.507. The highest BCUT2D eigenvalue weighted by molar-refractivity contribution is 6.34. The fourth-order valence-electron chi connectivity index (χ4n) is 3.09. The number of hydrogen-bond acceptors (Lipinski definition) is 2. The number of ether oxygens (including phenoxy) is 1. The molecule has 0 heterocycles. The lowest BCUT2D eigenvalue weighted by Crippen LogP contribution is -2.21. The van der Waals surface area contributed by atoms with Gasteiger partial charge in [-0.05, 0) is 42.9 Å². The summed E-state index contributed by atoms with van der Waals surface area (Å²) in [6.07, 6.45) is 6.05. The van der Waals surface area contributed by atoms with Crippen LogP contribution in [0.5, 0.6) is 5.75 Å². The van der Waals surface area contributed by atoms with Crippen molar-refractivity contribution >= 4 is 17.5 Å². The summed E-state index contributed by atoms with van der Waals surface area (Å²) in [5.74, 6) is 2.19. The molecule has 0 aliphatic heterocycles. The maximum atomic E-state index is 12.0. The first-order chi connectivity index (χ1) is 11.4. The van der Waals surface area contributed by atoms with E-state index in [0.717, 1.165) is 24.0 Å². The van der Waals surface area contributed by atoms with Crippen molar-refractivity contribution < 1.29 is 9.53 Å². The van der Waals surface area contributed by atoms with Gasteiger partial charge < -0.3 is 9.64 Å². The number of halogens is 1. The molecule has 1 rings (SSSR count). The van der Waals surface area contributed by atoms with Gasteiger partial charge in [-0.1, -0.05) is 51.6 Å². The first-order valence-electron chi connectivity index (χ1n) is 9.04. The van der Waals surface area contributed by atoms with Crippen molar-refractivity contribution in [2.24, 2.45) is 11.8 Å². The third kappa shape index (κ3) is 6.35. The third-order valence-electron chi connectivity index (χ3n) is 4.64. The van der Waals surface area contributed by atoms with E-state index in [-0.39, 0.29) is 5.91 Å². The van der Waals surface area contributed by atoms with Gasteiger partial charge in [0.15, 0.2) is 0 Å². The van der Waals surface area contributed by atoms with Gasteiger partial charge in [0.2, 0.25) is 0 Å². The molecule has 0 aliphatic carbocycles. The summed E-state index contributed by atoms with van der Waals surface area (Å²) in [5, 5.41) is 0.438. The first kappa shape index (κ1) is 20.8. The number of hydrogen-bond donors (Lipinski definition) is 0. The molecule has 4 heteroatoms. The van der Waals surface area contributed by atoms with Gasteiger partial charge in [0, 0.05) is 14.1 Å². The molecular formula is C20H32ClNO2. The van der Waals surface area contributed by atoms with Crippen molar-refractivity contribution in [1.29, 1.82) is 0 Å². The van der Waals surface area contributed by atoms with E-state index >= 15 is 0 Å². The number of carbonyl (C=O) groups excluding carboxylic acids is 1. The molecule has 0 fully saturated rings. The minimum atomic E-state index is -0.0955. The minimum absolute atomic E-state index is 0.0955. The highest BCUT2D eigenvalue weighted by Gasteiger charge is 2.15. The topological polar surface area (TPSA) is 29.5 Å². The lowest BCUT2D eigenvalue weighted by molar-refractivity contribution is 0.0827. The Balaban J connectivity index is 2.46. The van der Waals surface area contributed by atoms with Crippen LogP contribution in [0.25, 0.3) is 0 Å². The number of nitrogens with zero attached hydrogens (tertiary/aromatic N) is 1. The summed E-state index contributed by atoms with van der Waals surface area (Å²) in [4.78, 5) is 13.5. The van der Waals surface area contributed by atoms with E-state index in [1.807, 2.05) is 6.07 Å². The Morgan fingerprint density at radius 2 is 1.96 bits per heavy atom. The molecule has 0 bridgehead atoms. The maximum absolute atomic E-state index is 12.0. The fourth-order valence-corrected chi connectivity index (χ4v) is 3.34. The number of benzene rings is 1. The second-order valence-electron chi connectivity index (χ2n) is 6.77. The van der Waals surface area contributed by atoms with Crippen molar-refractivity contribution in [3.63, 3.8) is 0 Å². The normalized spacial score (nSPS) is 13.4. The van der Waals surface area contributed by atoms with Crippen LogP contribution in [0.2, 0.25) is 5.02 Å². The second kappa shape index (κ2) is 10.6. The predicted octanol–water partition coefficient (Wildman–Crippen LogP) is 5.66. The van der Waals surface area contributed by atoms with Gasteiger partial charge in [-0.2, -0.15) is 0 Å². The third-order valence-corrected chi connectivity index (χ3v) is 4.95. The summed E-state index contributed by atoms with van der Waals surface area (Å²) < 4.78 is 5.80. The summed E-state index contributed by atoms with van der Waals surface area (Å²) in [6.45, 7) is 7.57. The molecule has 3 nitrogen and oxygen atoms in total. The van der Waals surface area contributed by atoms with Crippen LogP contribution in [0.3, 0.4) is 0 Å². The molecule has 0 aliphatic rings. The van der Waals surface area contributed by atoms with Crippen LogP contribution in [0.15, 0.2) is 18.2 Å². The van der Waals surface area contributed by atoms with Gasteiger partial charge in [-0.3, -0.25) is 4.79 Å². The average molecular weight is 354 g/mol. The van der Waals surface area contributed by atoms with E-state index in [1.165, 1.54) is 30.6 Å². The smallest absolute Gasteiger partial charge is 0.254 e. The van der Waals surface area contributed by atoms with Crippen molar-refractivity contribution in [2.45, 2.75) is 52.9 Å². The Labute approximate surface area is 152 Å². The van der Waals surface area contributed by atoms with Gasteiger partial charge in [-0.25, -0.2) is 0 Å². The number of amides is 1. The lowest BCUT2D eigenvalue weighted by Gasteiger charge is -2.22. The summed E-state index contributed by atoms with van der Waals surface area (Å²) in [7, 11) is 3.43. The molecule has 1 amide bonds. The molecule has 0 N–H and O–H groups in total. The van der Waals surface area contributed by atoms with Gasteiger partial charge in [0.25, 0.3) is 5.91 Å². The van der Waals surface area contributed by atoms with Crippen LogP contribution >= 0.6 is 11.6 Å². The van der Waals surface area contributed by atoms with Crippen LogP contribution in [0.4, 0.5) is 0 Å². The summed E-state index contributed by atoms with van der Waals surface area (Å²) in [6, 6.07) is 5.28. The SMILES string of the molecule is CCCC(CC)C(C)CCCOc1ccc(C(=O)N(C)C)c(Cl)c1. The molecule has 0 saturated carbocycles. The van der Waals surface area contributed by atoms with E-state index in [0.29, 0.717) is 17.2 Å². The minimum Gasteiger partial charge on any atom is -0.494 e. The van der Waals surface area contributed by atoms with Crippen LogP contribution in [-0.2, 0) is 0 Å². The van der Waals surface area contributed by atoms with Gasteiger partial charge in [0.1, 0.15) is 5.75 Å². The van der Waals surface area contributed by atoms with Crippen LogP contribution in [0.1, 0.15) is 63.2 Å². The zero-order valence-electron chi connectivity index (χ0n) is 15.8. The highest BCUT2D eigenvalue weighted by atomic mass is 35.5. The quantitative estimate of drug-likeness (QED) is 0.507. The monoisotopic (exact) mass is 353 g/mol. The highest BCUT2D eigenvalue weighted by Crippen LogP contribution is 2.26. The Hall–Kier alpha value is -1.22. The van der Waals surface area contributed by atoms with Gasteiger partial charge >= 0.3 is 0 Å². The first-order valence-corrected chi connectivity index (χ1v) is 9.42.